The van der Waals surface area contributed by atoms with Gasteiger partial charge in [0.05, 0.1) is 24.5 Å². The van der Waals surface area contributed by atoms with Gasteiger partial charge in [-0.05, 0) is 17.7 Å². The quantitative estimate of drug-likeness (QED) is 0.441. The van der Waals surface area contributed by atoms with E-state index in [1.165, 1.54) is 0 Å². The van der Waals surface area contributed by atoms with Crippen molar-refractivity contribution in [3.8, 4) is 0 Å². The van der Waals surface area contributed by atoms with Crippen molar-refractivity contribution in [2.45, 2.75) is 48.8 Å². The summed E-state index contributed by atoms with van der Waals surface area (Å²) in [5.41, 5.74) is -0.523. The Morgan fingerprint density at radius 1 is 1.03 bits per heavy atom. The highest BCUT2D eigenvalue weighted by atomic mass is 16.6. The monoisotopic (exact) mass is 506 g/mol. The summed E-state index contributed by atoms with van der Waals surface area (Å²) in [6.07, 6.45) is 0.785. The molecule has 3 aliphatic rings. The Labute approximate surface area is 212 Å². The van der Waals surface area contributed by atoms with Crippen LogP contribution in [0, 0.1) is 5.92 Å². The van der Waals surface area contributed by atoms with E-state index in [0.717, 1.165) is 5.56 Å². The van der Waals surface area contributed by atoms with Gasteiger partial charge in [0.15, 0.2) is 6.04 Å². The van der Waals surface area contributed by atoms with Crippen LogP contribution in [-0.2, 0) is 23.9 Å². The van der Waals surface area contributed by atoms with Gasteiger partial charge in [0.25, 0.3) is 5.91 Å². The Morgan fingerprint density at radius 2 is 1.70 bits per heavy atom. The van der Waals surface area contributed by atoms with Crippen molar-refractivity contribution in [2.24, 2.45) is 5.92 Å². The van der Waals surface area contributed by atoms with Crippen LogP contribution in [0.2, 0.25) is 0 Å². The number of carboxylic acids is 2. The molecule has 10 nitrogen and oxygen atoms in total. The minimum atomic E-state index is -1.86. The number of amides is 2. The van der Waals surface area contributed by atoms with E-state index in [1.807, 2.05) is 42.5 Å². The summed E-state index contributed by atoms with van der Waals surface area (Å²) >= 11 is 0. The molecule has 5 rings (SSSR count). The van der Waals surface area contributed by atoms with Crippen LogP contribution in [-0.4, -0.2) is 70.0 Å². The van der Waals surface area contributed by atoms with Gasteiger partial charge in [0.2, 0.25) is 5.91 Å². The highest BCUT2D eigenvalue weighted by Gasteiger charge is 2.71. The SMILES string of the molecule is O=C(O)C[C@]12O[C@H]3[C@H](O[C@@H](/C=C/c4ccccc4)C[C@H]3NC(=O)c3ccccc3)[C@H]1C(=O)N[C@@H]2C(=O)O. The zero-order valence-electron chi connectivity index (χ0n) is 19.7. The number of nitrogens with one attached hydrogen (secondary N) is 2. The smallest absolute Gasteiger partial charge is 0.329 e. The third kappa shape index (κ3) is 4.61. The molecule has 2 amide bonds. The van der Waals surface area contributed by atoms with E-state index in [9.17, 15) is 29.4 Å². The van der Waals surface area contributed by atoms with Crippen molar-refractivity contribution in [1.82, 2.24) is 10.6 Å². The Kier molecular flexibility index (Phi) is 6.53. The van der Waals surface area contributed by atoms with Crippen molar-refractivity contribution in [1.29, 1.82) is 0 Å². The second kappa shape index (κ2) is 9.79. The van der Waals surface area contributed by atoms with Crippen molar-refractivity contribution < 1.29 is 38.9 Å². The van der Waals surface area contributed by atoms with E-state index in [0.29, 0.717) is 5.56 Å². The molecule has 3 heterocycles. The number of ether oxygens (including phenoxy) is 2. The molecule has 3 fully saturated rings. The molecule has 2 aromatic rings. The Bertz CT molecular complexity index is 1230. The number of fused-ring (bicyclic) bond motifs is 3. The topological polar surface area (TPSA) is 151 Å². The number of carbonyl (C=O) groups is 4. The Hall–Kier alpha value is -4.02. The van der Waals surface area contributed by atoms with Gasteiger partial charge in [-0.1, -0.05) is 60.7 Å². The van der Waals surface area contributed by atoms with Gasteiger partial charge in [-0.15, -0.1) is 0 Å². The summed E-state index contributed by atoms with van der Waals surface area (Å²) in [5, 5.41) is 24.8. The van der Waals surface area contributed by atoms with E-state index < -0.39 is 66.2 Å². The molecule has 7 atom stereocenters. The molecule has 0 spiro atoms. The third-order valence-electron chi connectivity index (χ3n) is 7.14. The Morgan fingerprint density at radius 3 is 2.35 bits per heavy atom. The van der Waals surface area contributed by atoms with Gasteiger partial charge in [-0.2, -0.15) is 0 Å². The number of hydrogen-bond acceptors (Lipinski definition) is 6. The standard InChI is InChI=1S/C27H26N2O8/c30-19(31)14-27-20(25(33)29-23(27)26(34)35)22-21(37-27)18(28-24(32)16-9-5-2-6-10-16)13-17(36-22)12-11-15-7-3-1-4-8-15/h1-12,17-18,20-23H,13-14H2,(H,28,32)(H,29,33)(H,30,31)(H,34,35)/b12-11+/t17-,18+,20-,21+,22+,23+,27-/m0/s1. The molecule has 2 aromatic carbocycles. The van der Waals surface area contributed by atoms with Crippen molar-refractivity contribution in [2.75, 3.05) is 0 Å². The fourth-order valence-corrected chi connectivity index (χ4v) is 5.59. The van der Waals surface area contributed by atoms with E-state index in [2.05, 4.69) is 10.6 Å². The van der Waals surface area contributed by atoms with Crippen LogP contribution in [0.25, 0.3) is 6.08 Å². The van der Waals surface area contributed by atoms with Crippen molar-refractivity contribution in [3.63, 3.8) is 0 Å². The van der Waals surface area contributed by atoms with E-state index in [1.54, 1.807) is 30.3 Å². The van der Waals surface area contributed by atoms with Crippen LogP contribution in [0.4, 0.5) is 0 Å². The number of benzene rings is 2. The highest BCUT2D eigenvalue weighted by molar-refractivity contribution is 5.95. The lowest BCUT2D eigenvalue weighted by atomic mass is 9.79. The second-order valence-electron chi connectivity index (χ2n) is 9.46. The van der Waals surface area contributed by atoms with Gasteiger partial charge in [-0.25, -0.2) is 4.79 Å². The number of carbonyl (C=O) groups excluding carboxylic acids is 2. The van der Waals surface area contributed by atoms with Crippen molar-refractivity contribution >= 4 is 29.8 Å². The highest BCUT2D eigenvalue weighted by Crippen LogP contribution is 2.50. The minimum Gasteiger partial charge on any atom is -0.481 e. The Balaban J connectivity index is 1.50. The van der Waals surface area contributed by atoms with Gasteiger partial charge in [-0.3, -0.25) is 14.4 Å². The maximum Gasteiger partial charge on any atom is 0.329 e. The maximum atomic E-state index is 13.0. The van der Waals surface area contributed by atoms with Crippen LogP contribution in [0.3, 0.4) is 0 Å². The second-order valence-corrected chi connectivity index (χ2v) is 9.46. The van der Waals surface area contributed by atoms with Crippen LogP contribution in [0.15, 0.2) is 66.7 Å². The van der Waals surface area contributed by atoms with Crippen LogP contribution < -0.4 is 10.6 Å². The summed E-state index contributed by atoms with van der Waals surface area (Å²) in [6.45, 7) is 0. The van der Waals surface area contributed by atoms with E-state index in [-0.39, 0.29) is 12.3 Å². The zero-order chi connectivity index (χ0) is 26.2. The molecule has 0 aromatic heterocycles. The fourth-order valence-electron chi connectivity index (χ4n) is 5.59. The predicted molar refractivity (Wildman–Crippen MR) is 129 cm³/mol. The molecule has 0 aliphatic carbocycles. The molecule has 37 heavy (non-hydrogen) atoms. The summed E-state index contributed by atoms with van der Waals surface area (Å²) in [6, 6.07) is 15.8. The summed E-state index contributed by atoms with van der Waals surface area (Å²) < 4.78 is 12.4. The summed E-state index contributed by atoms with van der Waals surface area (Å²) in [4.78, 5) is 49.9. The number of hydrogen-bond donors (Lipinski definition) is 4. The van der Waals surface area contributed by atoms with Crippen LogP contribution in [0.5, 0.6) is 0 Å². The lowest BCUT2D eigenvalue weighted by molar-refractivity contribution is -0.161. The average molecular weight is 507 g/mol. The average Bonchev–Trinajstić information content (AvgIpc) is 3.35. The molecule has 10 heteroatoms. The summed E-state index contributed by atoms with van der Waals surface area (Å²) in [5.74, 6) is -4.91. The number of aliphatic carboxylic acids is 2. The molecule has 3 saturated heterocycles. The molecule has 0 unspecified atom stereocenters. The van der Waals surface area contributed by atoms with Crippen LogP contribution >= 0.6 is 0 Å². The van der Waals surface area contributed by atoms with Gasteiger partial charge in [0, 0.05) is 12.0 Å². The molecule has 3 aliphatic heterocycles. The summed E-state index contributed by atoms with van der Waals surface area (Å²) in [7, 11) is 0. The first-order valence-electron chi connectivity index (χ1n) is 12.0. The lowest BCUT2D eigenvalue weighted by Gasteiger charge is -2.38. The molecular weight excluding hydrogens is 480 g/mol. The van der Waals surface area contributed by atoms with Crippen molar-refractivity contribution in [3.05, 3.63) is 77.9 Å². The first-order valence-corrected chi connectivity index (χ1v) is 12.0. The largest absolute Gasteiger partial charge is 0.481 e. The first kappa shape index (κ1) is 24.7. The molecular formula is C27H26N2O8. The first-order chi connectivity index (χ1) is 17.8. The van der Waals surface area contributed by atoms with E-state index in [4.69, 9.17) is 9.47 Å². The minimum absolute atomic E-state index is 0.276. The molecule has 0 saturated carbocycles. The van der Waals surface area contributed by atoms with Gasteiger partial charge < -0.3 is 30.3 Å². The van der Waals surface area contributed by atoms with E-state index >= 15 is 0 Å². The molecule has 0 bridgehead atoms. The zero-order valence-corrected chi connectivity index (χ0v) is 19.7. The van der Waals surface area contributed by atoms with Gasteiger partial charge in [0.1, 0.15) is 17.8 Å². The lowest BCUT2D eigenvalue weighted by Crippen LogP contribution is -2.56. The molecule has 192 valence electrons. The fraction of sp³-hybridized carbons (Fsp3) is 0.333. The number of rotatable bonds is 7. The normalized spacial score (nSPS) is 32.4. The third-order valence-corrected chi connectivity index (χ3v) is 7.14. The molecule has 4 N–H and O–H groups in total. The molecule has 0 radical (unpaired) electrons. The maximum absolute atomic E-state index is 13.0. The van der Waals surface area contributed by atoms with Gasteiger partial charge >= 0.3 is 11.9 Å². The van der Waals surface area contributed by atoms with Crippen LogP contribution in [0.1, 0.15) is 28.8 Å². The predicted octanol–water partition coefficient (Wildman–Crippen LogP) is 1.47. The number of carboxylic acid groups (broad SMARTS) is 2.